The third-order valence-electron chi connectivity index (χ3n) is 2.52. The lowest BCUT2D eigenvalue weighted by Gasteiger charge is -2.08. The Morgan fingerprint density at radius 2 is 2.11 bits per heavy atom. The van der Waals surface area contributed by atoms with Gasteiger partial charge in [-0.2, -0.15) is 0 Å². The fourth-order valence-electron chi connectivity index (χ4n) is 1.54. The molecule has 6 heteroatoms. The number of amides is 1. The molecule has 0 fully saturated rings. The Bertz CT molecular complexity index is 607. The highest BCUT2D eigenvalue weighted by Crippen LogP contribution is 2.23. The van der Waals surface area contributed by atoms with Crippen molar-refractivity contribution in [3.63, 3.8) is 0 Å². The van der Waals surface area contributed by atoms with Gasteiger partial charge in [0.05, 0.1) is 5.69 Å². The van der Waals surface area contributed by atoms with Gasteiger partial charge in [-0.15, -0.1) is 0 Å². The summed E-state index contributed by atoms with van der Waals surface area (Å²) in [4.78, 5) is 12.1. The molecule has 1 aromatic carbocycles. The van der Waals surface area contributed by atoms with Crippen LogP contribution in [-0.4, -0.2) is 11.1 Å². The maximum atomic E-state index is 12.1. The van der Waals surface area contributed by atoms with Crippen LogP contribution in [0.3, 0.4) is 0 Å². The minimum Gasteiger partial charge on any atom is -0.398 e. The monoisotopic (exact) mass is 309 g/mol. The Kier molecular flexibility index (Phi) is 3.38. The van der Waals surface area contributed by atoms with E-state index >= 15 is 0 Å². The second-order valence-corrected chi connectivity index (χ2v) is 4.87. The van der Waals surface area contributed by atoms with Crippen molar-refractivity contribution < 1.29 is 9.32 Å². The first-order valence-electron chi connectivity index (χ1n) is 5.27. The van der Waals surface area contributed by atoms with E-state index in [4.69, 9.17) is 10.3 Å². The number of carbonyl (C=O) groups excluding carboxylic acids is 1. The number of benzene rings is 1. The molecule has 3 N–H and O–H groups in total. The van der Waals surface area contributed by atoms with E-state index in [-0.39, 0.29) is 5.91 Å². The van der Waals surface area contributed by atoms with Crippen LogP contribution in [0.15, 0.2) is 27.2 Å². The molecular formula is C12H12BrN3O2. The smallest absolute Gasteiger partial charge is 0.258 e. The molecule has 0 atom stereocenters. The second kappa shape index (κ2) is 4.81. The van der Waals surface area contributed by atoms with Crippen LogP contribution in [0.1, 0.15) is 21.6 Å². The summed E-state index contributed by atoms with van der Waals surface area (Å²) in [6, 6.07) is 5.11. The largest absolute Gasteiger partial charge is 0.398 e. The molecule has 0 aliphatic heterocycles. The highest BCUT2D eigenvalue weighted by atomic mass is 79.9. The van der Waals surface area contributed by atoms with Gasteiger partial charge in [0.1, 0.15) is 0 Å². The van der Waals surface area contributed by atoms with Crippen molar-refractivity contribution in [3.05, 3.63) is 39.5 Å². The quantitative estimate of drug-likeness (QED) is 0.836. The van der Waals surface area contributed by atoms with E-state index < -0.39 is 0 Å². The van der Waals surface area contributed by atoms with E-state index in [2.05, 4.69) is 26.4 Å². The van der Waals surface area contributed by atoms with Crippen LogP contribution in [-0.2, 0) is 0 Å². The van der Waals surface area contributed by atoms with E-state index in [1.807, 2.05) is 0 Å². The van der Waals surface area contributed by atoms with Gasteiger partial charge in [-0.3, -0.25) is 10.1 Å². The first kappa shape index (κ1) is 12.6. The molecule has 94 valence electrons. The Balaban J connectivity index is 2.29. The molecule has 1 heterocycles. The number of rotatable bonds is 2. The lowest BCUT2D eigenvalue weighted by Crippen LogP contribution is -2.14. The number of nitrogens with one attached hydrogen (secondary N) is 1. The SMILES string of the molecule is Cc1cc(NC(=O)c2cc(Br)cc(N)c2C)on1. The Morgan fingerprint density at radius 3 is 2.72 bits per heavy atom. The summed E-state index contributed by atoms with van der Waals surface area (Å²) in [5, 5.41) is 6.33. The Hall–Kier alpha value is -1.82. The normalized spacial score (nSPS) is 10.4. The van der Waals surface area contributed by atoms with Gasteiger partial charge in [0.2, 0.25) is 5.88 Å². The number of carbonyl (C=O) groups is 1. The van der Waals surface area contributed by atoms with Gasteiger partial charge in [0, 0.05) is 21.8 Å². The predicted octanol–water partition coefficient (Wildman–Crippen LogP) is 2.89. The molecule has 0 aliphatic carbocycles. The second-order valence-electron chi connectivity index (χ2n) is 3.95. The summed E-state index contributed by atoms with van der Waals surface area (Å²) < 4.78 is 5.69. The standard InChI is InChI=1S/C12H12BrN3O2/c1-6-3-11(18-16-6)15-12(17)9-4-8(13)5-10(14)7(9)2/h3-5H,14H2,1-2H3,(H,15,17). The highest BCUT2D eigenvalue weighted by molar-refractivity contribution is 9.10. The summed E-state index contributed by atoms with van der Waals surface area (Å²) in [5.41, 5.74) is 8.30. The average molecular weight is 310 g/mol. The number of aryl methyl sites for hydroxylation is 1. The maximum Gasteiger partial charge on any atom is 0.258 e. The first-order valence-corrected chi connectivity index (χ1v) is 6.07. The molecule has 0 spiro atoms. The molecule has 2 rings (SSSR count). The van der Waals surface area contributed by atoms with Crippen LogP contribution in [0.2, 0.25) is 0 Å². The first-order chi connectivity index (χ1) is 8.47. The van der Waals surface area contributed by atoms with Gasteiger partial charge < -0.3 is 10.3 Å². The number of aromatic nitrogens is 1. The van der Waals surface area contributed by atoms with E-state index in [9.17, 15) is 4.79 Å². The summed E-state index contributed by atoms with van der Waals surface area (Å²) in [6.07, 6.45) is 0. The lowest BCUT2D eigenvalue weighted by molar-refractivity contribution is 0.102. The van der Waals surface area contributed by atoms with Crippen molar-refractivity contribution >= 4 is 33.4 Å². The molecular weight excluding hydrogens is 298 g/mol. The molecule has 1 aromatic heterocycles. The van der Waals surface area contributed by atoms with Gasteiger partial charge in [-0.1, -0.05) is 21.1 Å². The van der Waals surface area contributed by atoms with Crippen LogP contribution < -0.4 is 11.1 Å². The van der Waals surface area contributed by atoms with Crippen molar-refractivity contribution in [1.29, 1.82) is 0 Å². The van der Waals surface area contributed by atoms with Crippen molar-refractivity contribution in [2.45, 2.75) is 13.8 Å². The minimum atomic E-state index is -0.281. The molecule has 2 aromatic rings. The molecule has 0 unspecified atom stereocenters. The third kappa shape index (κ3) is 2.53. The zero-order valence-corrected chi connectivity index (χ0v) is 11.5. The summed E-state index contributed by atoms with van der Waals surface area (Å²) in [6.45, 7) is 3.57. The number of nitrogens with two attached hydrogens (primary N) is 1. The van der Waals surface area contributed by atoms with Gasteiger partial charge in [0.25, 0.3) is 5.91 Å². The highest BCUT2D eigenvalue weighted by Gasteiger charge is 2.14. The molecule has 0 aliphatic rings. The van der Waals surface area contributed by atoms with Crippen molar-refractivity contribution in [2.75, 3.05) is 11.1 Å². The Morgan fingerprint density at radius 1 is 1.39 bits per heavy atom. The third-order valence-corrected chi connectivity index (χ3v) is 2.98. The average Bonchev–Trinajstić information content (AvgIpc) is 2.69. The number of hydrogen-bond donors (Lipinski definition) is 2. The molecule has 0 radical (unpaired) electrons. The number of nitrogens with zero attached hydrogens (tertiary/aromatic N) is 1. The van der Waals surface area contributed by atoms with Gasteiger partial charge in [-0.25, -0.2) is 0 Å². The summed E-state index contributed by atoms with van der Waals surface area (Å²) in [5.74, 6) is 0.0343. The van der Waals surface area contributed by atoms with Crippen molar-refractivity contribution in [1.82, 2.24) is 5.16 Å². The summed E-state index contributed by atoms with van der Waals surface area (Å²) >= 11 is 3.31. The summed E-state index contributed by atoms with van der Waals surface area (Å²) in [7, 11) is 0. The lowest BCUT2D eigenvalue weighted by atomic mass is 10.1. The Labute approximate surface area is 112 Å². The minimum absolute atomic E-state index is 0.281. The number of nitrogen functional groups attached to an aromatic ring is 1. The fourth-order valence-corrected chi connectivity index (χ4v) is 2.01. The van der Waals surface area contributed by atoms with Crippen LogP contribution >= 0.6 is 15.9 Å². The topological polar surface area (TPSA) is 81.2 Å². The van der Waals surface area contributed by atoms with Crippen molar-refractivity contribution in [3.8, 4) is 0 Å². The molecule has 0 saturated carbocycles. The molecule has 0 saturated heterocycles. The molecule has 0 bridgehead atoms. The zero-order valence-electron chi connectivity index (χ0n) is 9.95. The zero-order chi connectivity index (χ0) is 13.3. The molecule has 18 heavy (non-hydrogen) atoms. The van der Waals surface area contributed by atoms with Gasteiger partial charge >= 0.3 is 0 Å². The van der Waals surface area contributed by atoms with E-state index in [0.29, 0.717) is 22.8 Å². The maximum absolute atomic E-state index is 12.1. The molecule has 1 amide bonds. The van der Waals surface area contributed by atoms with Crippen LogP contribution in [0, 0.1) is 13.8 Å². The van der Waals surface area contributed by atoms with E-state index in [1.165, 1.54) is 0 Å². The number of hydrogen-bond acceptors (Lipinski definition) is 4. The fraction of sp³-hybridized carbons (Fsp3) is 0.167. The van der Waals surface area contributed by atoms with E-state index in [1.54, 1.807) is 32.0 Å². The van der Waals surface area contributed by atoms with Crippen LogP contribution in [0.5, 0.6) is 0 Å². The van der Waals surface area contributed by atoms with Gasteiger partial charge in [-0.05, 0) is 31.5 Å². The predicted molar refractivity (Wildman–Crippen MR) is 72.5 cm³/mol. The van der Waals surface area contributed by atoms with Crippen LogP contribution in [0.25, 0.3) is 0 Å². The number of halogens is 1. The number of anilines is 2. The van der Waals surface area contributed by atoms with Crippen molar-refractivity contribution in [2.24, 2.45) is 0 Å². The van der Waals surface area contributed by atoms with Crippen LogP contribution in [0.4, 0.5) is 11.6 Å². The van der Waals surface area contributed by atoms with E-state index in [0.717, 1.165) is 10.0 Å². The molecule has 5 nitrogen and oxygen atoms in total. The van der Waals surface area contributed by atoms with Gasteiger partial charge in [0.15, 0.2) is 0 Å².